The van der Waals surface area contributed by atoms with Gasteiger partial charge in [-0.25, -0.2) is 21.6 Å². The highest BCUT2D eigenvalue weighted by atomic mass is 35.5. The number of hydrogen-bond donors (Lipinski definition) is 1. The second-order valence-corrected chi connectivity index (χ2v) is 10.5. The van der Waals surface area contributed by atoms with Crippen molar-refractivity contribution in [1.82, 2.24) is 4.72 Å². The molecule has 2 aliphatic rings. The van der Waals surface area contributed by atoms with Crippen LogP contribution in [0.1, 0.15) is 32.1 Å². The van der Waals surface area contributed by atoms with E-state index in [1.54, 1.807) is 0 Å². The lowest BCUT2D eigenvalue weighted by Gasteiger charge is -2.24. The monoisotopic (exact) mass is 343 g/mol. The third kappa shape index (κ3) is 4.08. The number of hydrogen-bond acceptors (Lipinski definition) is 4. The standard InChI is InChI=1S/C12H22ClNO4S2/c13-8-10-2-1-3-11(10)9-14-20(17,18)12-4-6-19(15,16)7-5-12/h10-12,14H,1-9H2. The molecule has 2 atom stereocenters. The quantitative estimate of drug-likeness (QED) is 0.759. The number of sulfone groups is 1. The van der Waals surface area contributed by atoms with Crippen LogP contribution in [0.15, 0.2) is 0 Å². The maximum absolute atomic E-state index is 12.2. The Hall–Kier alpha value is 0.150. The first kappa shape index (κ1) is 16.5. The smallest absolute Gasteiger partial charge is 0.214 e. The molecule has 0 aromatic carbocycles. The van der Waals surface area contributed by atoms with Crippen LogP contribution in [-0.4, -0.2) is 46.0 Å². The van der Waals surface area contributed by atoms with E-state index in [0.29, 0.717) is 24.3 Å². The predicted octanol–water partition coefficient (Wildman–Crippen LogP) is 1.14. The molecule has 20 heavy (non-hydrogen) atoms. The lowest BCUT2D eigenvalue weighted by molar-refractivity contribution is 0.416. The van der Waals surface area contributed by atoms with Crippen molar-refractivity contribution >= 4 is 31.5 Å². The first-order valence-corrected chi connectivity index (χ1v) is 11.0. The molecule has 0 aromatic heterocycles. The molecule has 0 radical (unpaired) electrons. The molecule has 2 rings (SSSR count). The third-order valence-corrected chi connectivity index (χ3v) is 8.53. The van der Waals surface area contributed by atoms with Crippen molar-refractivity contribution in [3.05, 3.63) is 0 Å². The Labute approximate surface area is 126 Å². The van der Waals surface area contributed by atoms with E-state index in [1.807, 2.05) is 0 Å². The molecule has 5 nitrogen and oxygen atoms in total. The van der Waals surface area contributed by atoms with Gasteiger partial charge in [0.2, 0.25) is 10.0 Å². The summed E-state index contributed by atoms with van der Waals surface area (Å²) in [7, 11) is -6.44. The topological polar surface area (TPSA) is 80.3 Å². The first-order valence-electron chi connectivity index (χ1n) is 7.09. The minimum atomic E-state index is -3.41. The molecular weight excluding hydrogens is 322 g/mol. The Balaban J connectivity index is 1.88. The molecule has 1 saturated carbocycles. The summed E-state index contributed by atoms with van der Waals surface area (Å²) >= 11 is 5.89. The van der Waals surface area contributed by atoms with E-state index in [0.717, 1.165) is 19.3 Å². The fourth-order valence-corrected chi connectivity index (χ4v) is 6.84. The highest BCUT2D eigenvalue weighted by Gasteiger charge is 2.34. The summed E-state index contributed by atoms with van der Waals surface area (Å²) in [4.78, 5) is 0. The van der Waals surface area contributed by atoms with E-state index in [1.165, 1.54) is 0 Å². The van der Waals surface area contributed by atoms with Crippen molar-refractivity contribution in [3.63, 3.8) is 0 Å². The van der Waals surface area contributed by atoms with Crippen LogP contribution >= 0.6 is 11.6 Å². The molecule has 1 aliphatic heterocycles. The Morgan fingerprint density at radius 3 is 2.25 bits per heavy atom. The van der Waals surface area contributed by atoms with E-state index in [4.69, 9.17) is 11.6 Å². The fourth-order valence-electron chi connectivity index (χ4n) is 3.11. The molecule has 0 bridgehead atoms. The largest absolute Gasteiger partial charge is 0.229 e. The van der Waals surface area contributed by atoms with Crippen molar-refractivity contribution in [3.8, 4) is 0 Å². The summed E-state index contributed by atoms with van der Waals surface area (Å²) < 4.78 is 49.8. The van der Waals surface area contributed by atoms with Gasteiger partial charge in [0, 0.05) is 12.4 Å². The minimum absolute atomic E-state index is 0.0215. The van der Waals surface area contributed by atoms with Crippen molar-refractivity contribution < 1.29 is 16.8 Å². The van der Waals surface area contributed by atoms with Gasteiger partial charge in [-0.15, -0.1) is 11.6 Å². The van der Waals surface area contributed by atoms with Crippen LogP contribution in [0.25, 0.3) is 0 Å². The maximum Gasteiger partial charge on any atom is 0.214 e. The highest BCUT2D eigenvalue weighted by Crippen LogP contribution is 2.32. The Morgan fingerprint density at radius 1 is 1.05 bits per heavy atom. The molecule has 2 unspecified atom stereocenters. The highest BCUT2D eigenvalue weighted by molar-refractivity contribution is 7.92. The molecular formula is C12H22ClNO4S2. The van der Waals surface area contributed by atoms with Gasteiger partial charge in [0.25, 0.3) is 0 Å². The number of sulfonamides is 1. The van der Waals surface area contributed by atoms with Gasteiger partial charge in [-0.1, -0.05) is 6.42 Å². The molecule has 1 N–H and O–H groups in total. The van der Waals surface area contributed by atoms with E-state index < -0.39 is 25.1 Å². The van der Waals surface area contributed by atoms with E-state index in [2.05, 4.69) is 4.72 Å². The molecule has 1 saturated heterocycles. The summed E-state index contributed by atoms with van der Waals surface area (Å²) in [6.07, 6.45) is 3.60. The second kappa shape index (κ2) is 6.50. The molecule has 0 aromatic rings. The van der Waals surface area contributed by atoms with Gasteiger partial charge < -0.3 is 0 Å². The van der Waals surface area contributed by atoms with Gasteiger partial charge in [-0.3, -0.25) is 0 Å². The van der Waals surface area contributed by atoms with E-state index in [-0.39, 0.29) is 24.3 Å². The summed E-state index contributed by atoms with van der Waals surface area (Å²) in [5.74, 6) is 1.24. The molecule has 0 spiro atoms. The first-order chi connectivity index (χ1) is 9.34. The van der Waals surface area contributed by atoms with Crippen molar-refractivity contribution in [1.29, 1.82) is 0 Å². The van der Waals surface area contributed by atoms with Gasteiger partial charge in [0.15, 0.2) is 0 Å². The molecule has 1 heterocycles. The van der Waals surface area contributed by atoms with Gasteiger partial charge in [0.05, 0.1) is 16.8 Å². The number of halogens is 1. The van der Waals surface area contributed by atoms with Crippen molar-refractivity contribution in [2.24, 2.45) is 11.8 Å². The lowest BCUT2D eigenvalue weighted by atomic mass is 9.98. The van der Waals surface area contributed by atoms with Crippen LogP contribution in [0.4, 0.5) is 0 Å². The minimum Gasteiger partial charge on any atom is -0.229 e. The van der Waals surface area contributed by atoms with Crippen LogP contribution in [0.2, 0.25) is 0 Å². The molecule has 1 aliphatic carbocycles. The third-order valence-electron chi connectivity index (χ3n) is 4.50. The zero-order chi connectivity index (χ0) is 14.8. The SMILES string of the molecule is O=S1(=O)CCC(S(=O)(=O)NCC2CCCC2CCl)CC1. The van der Waals surface area contributed by atoms with Crippen LogP contribution in [0.5, 0.6) is 0 Å². The summed E-state index contributed by atoms with van der Waals surface area (Å²) in [6.45, 7) is 0.434. The van der Waals surface area contributed by atoms with Gasteiger partial charge in [-0.2, -0.15) is 0 Å². The van der Waals surface area contributed by atoms with E-state index in [9.17, 15) is 16.8 Å². The average Bonchev–Trinajstić information content (AvgIpc) is 2.83. The summed E-state index contributed by atoms with van der Waals surface area (Å²) in [5, 5.41) is -0.568. The Morgan fingerprint density at radius 2 is 1.65 bits per heavy atom. The van der Waals surface area contributed by atoms with Gasteiger partial charge in [-0.05, 0) is 37.5 Å². The van der Waals surface area contributed by atoms with Gasteiger partial charge in [0.1, 0.15) is 9.84 Å². The predicted molar refractivity (Wildman–Crippen MR) is 80.1 cm³/mol. The molecule has 2 fully saturated rings. The zero-order valence-corrected chi connectivity index (χ0v) is 13.8. The summed E-state index contributed by atoms with van der Waals surface area (Å²) in [6, 6.07) is 0. The van der Waals surface area contributed by atoms with Crippen LogP contribution < -0.4 is 4.72 Å². The van der Waals surface area contributed by atoms with Crippen molar-refractivity contribution in [2.75, 3.05) is 23.9 Å². The maximum atomic E-state index is 12.2. The molecule has 8 heteroatoms. The zero-order valence-electron chi connectivity index (χ0n) is 11.4. The number of rotatable bonds is 5. The number of alkyl halides is 1. The summed E-state index contributed by atoms with van der Waals surface area (Å²) in [5.41, 5.74) is 0. The fraction of sp³-hybridized carbons (Fsp3) is 1.00. The Bertz CT molecular complexity index is 518. The van der Waals surface area contributed by atoms with Crippen LogP contribution in [0.3, 0.4) is 0 Å². The lowest BCUT2D eigenvalue weighted by Crippen LogP contribution is -2.41. The molecule has 118 valence electrons. The van der Waals surface area contributed by atoms with Crippen LogP contribution in [-0.2, 0) is 19.9 Å². The normalized spacial score (nSPS) is 31.4. The second-order valence-electron chi connectivity index (χ2n) is 5.85. The molecule has 0 amide bonds. The average molecular weight is 344 g/mol. The van der Waals surface area contributed by atoms with Gasteiger partial charge >= 0.3 is 0 Å². The number of nitrogens with one attached hydrogen (secondary N) is 1. The van der Waals surface area contributed by atoms with E-state index >= 15 is 0 Å². The Kier molecular flexibility index (Phi) is 5.37. The van der Waals surface area contributed by atoms with Crippen LogP contribution in [0, 0.1) is 11.8 Å². The van der Waals surface area contributed by atoms with Crippen molar-refractivity contribution in [2.45, 2.75) is 37.4 Å².